The zero-order valence-corrected chi connectivity index (χ0v) is 24.8. The highest BCUT2D eigenvalue weighted by Gasteiger charge is 2.33. The van der Waals surface area contributed by atoms with E-state index in [1.807, 2.05) is 19.1 Å². The van der Waals surface area contributed by atoms with Crippen molar-refractivity contribution in [1.82, 2.24) is 4.57 Å². The summed E-state index contributed by atoms with van der Waals surface area (Å²) in [6.45, 7) is 6.05. The molecule has 1 atom stereocenters. The van der Waals surface area contributed by atoms with Crippen LogP contribution in [0.4, 0.5) is 4.39 Å². The summed E-state index contributed by atoms with van der Waals surface area (Å²) in [4.78, 5) is 32.2. The van der Waals surface area contributed by atoms with Gasteiger partial charge in [0.25, 0.3) is 5.56 Å². The number of thiazole rings is 1. The van der Waals surface area contributed by atoms with Gasteiger partial charge in [-0.1, -0.05) is 53.3 Å². The van der Waals surface area contributed by atoms with E-state index in [0.717, 1.165) is 0 Å². The predicted octanol–water partition coefficient (Wildman–Crippen LogP) is 5.57. The van der Waals surface area contributed by atoms with E-state index >= 15 is 0 Å². The maximum absolute atomic E-state index is 14.2. The first kappa shape index (κ1) is 29.3. The molecule has 0 unspecified atom stereocenters. The molecule has 7 nitrogen and oxygen atoms in total. The van der Waals surface area contributed by atoms with Crippen molar-refractivity contribution < 1.29 is 23.4 Å². The number of nitrogens with zero attached hydrogens (tertiary/aromatic N) is 2. The Kier molecular flexibility index (Phi) is 8.89. The fourth-order valence-corrected chi connectivity index (χ4v) is 5.91. The first-order valence-electron chi connectivity index (χ1n) is 13.4. The molecule has 0 radical (unpaired) electrons. The number of benzene rings is 3. The zero-order chi connectivity index (χ0) is 29.8. The number of esters is 1. The van der Waals surface area contributed by atoms with E-state index in [1.54, 1.807) is 68.5 Å². The van der Waals surface area contributed by atoms with Gasteiger partial charge in [0, 0.05) is 16.1 Å². The number of halogens is 2. The fourth-order valence-electron chi connectivity index (χ4n) is 4.70. The second kappa shape index (κ2) is 12.8. The van der Waals surface area contributed by atoms with Gasteiger partial charge in [-0.25, -0.2) is 14.2 Å². The molecule has 42 heavy (non-hydrogen) atoms. The van der Waals surface area contributed by atoms with E-state index in [1.165, 1.54) is 22.0 Å². The lowest BCUT2D eigenvalue weighted by Crippen LogP contribution is -2.39. The van der Waals surface area contributed by atoms with Gasteiger partial charge in [0.15, 0.2) is 4.80 Å². The van der Waals surface area contributed by atoms with Crippen LogP contribution in [0.1, 0.15) is 43.5 Å². The van der Waals surface area contributed by atoms with Gasteiger partial charge in [-0.3, -0.25) is 9.36 Å². The van der Waals surface area contributed by atoms with Gasteiger partial charge >= 0.3 is 5.97 Å². The number of hydrogen-bond donors (Lipinski definition) is 0. The molecule has 0 amide bonds. The summed E-state index contributed by atoms with van der Waals surface area (Å²) < 4.78 is 33.0. The molecule has 216 valence electrons. The van der Waals surface area contributed by atoms with E-state index < -0.39 is 12.0 Å². The number of carbonyl (C=O) groups excluding carboxylic acids is 1. The Bertz CT molecular complexity index is 1850. The number of aromatic nitrogens is 1. The normalized spacial score (nSPS) is 14.8. The Hall–Kier alpha value is -4.21. The molecule has 3 aromatic carbocycles. The van der Waals surface area contributed by atoms with Gasteiger partial charge in [-0.15, -0.1) is 0 Å². The van der Waals surface area contributed by atoms with Crippen LogP contribution in [0.2, 0.25) is 5.02 Å². The van der Waals surface area contributed by atoms with Gasteiger partial charge in [0.1, 0.15) is 23.9 Å². The summed E-state index contributed by atoms with van der Waals surface area (Å²) in [5, 5.41) is 0.444. The number of carbonyl (C=O) groups is 1. The first-order chi connectivity index (χ1) is 20.3. The van der Waals surface area contributed by atoms with Crippen molar-refractivity contribution in [2.75, 3.05) is 13.2 Å². The van der Waals surface area contributed by atoms with Crippen molar-refractivity contribution in [3.05, 3.63) is 125 Å². The third kappa shape index (κ3) is 6.03. The number of fused-ring (bicyclic) bond motifs is 1. The minimum atomic E-state index is -0.755. The van der Waals surface area contributed by atoms with E-state index in [0.29, 0.717) is 54.8 Å². The number of ether oxygens (including phenoxy) is 3. The molecule has 0 bridgehead atoms. The Morgan fingerprint density at radius 2 is 1.83 bits per heavy atom. The summed E-state index contributed by atoms with van der Waals surface area (Å²) in [5.41, 5.74) is 2.07. The highest BCUT2D eigenvalue weighted by molar-refractivity contribution is 7.07. The molecule has 4 aromatic rings. The van der Waals surface area contributed by atoms with Crippen LogP contribution < -0.4 is 24.4 Å². The molecule has 0 saturated carbocycles. The molecule has 1 aromatic heterocycles. The lowest BCUT2D eigenvalue weighted by atomic mass is 9.96. The molecular formula is C32H28ClFN2O5S. The van der Waals surface area contributed by atoms with Crippen LogP contribution in [0.25, 0.3) is 6.08 Å². The average Bonchev–Trinajstić information content (AvgIpc) is 3.27. The molecule has 0 spiro atoms. The minimum absolute atomic E-state index is 0.00374. The van der Waals surface area contributed by atoms with Crippen molar-refractivity contribution in [2.45, 2.75) is 33.4 Å². The summed E-state index contributed by atoms with van der Waals surface area (Å²) >= 11 is 7.49. The highest BCUT2D eigenvalue weighted by Crippen LogP contribution is 2.32. The van der Waals surface area contributed by atoms with Crippen LogP contribution in [-0.2, 0) is 16.1 Å². The second-order valence-electron chi connectivity index (χ2n) is 9.37. The van der Waals surface area contributed by atoms with Crippen LogP contribution in [0.5, 0.6) is 11.5 Å². The quantitative estimate of drug-likeness (QED) is 0.233. The van der Waals surface area contributed by atoms with Gasteiger partial charge in [0.2, 0.25) is 0 Å². The predicted molar refractivity (Wildman–Crippen MR) is 160 cm³/mol. The Balaban J connectivity index is 1.61. The van der Waals surface area contributed by atoms with Crippen LogP contribution >= 0.6 is 22.9 Å². The largest absolute Gasteiger partial charge is 0.494 e. The molecular weight excluding hydrogens is 579 g/mol. The molecule has 0 saturated heterocycles. The Morgan fingerprint density at radius 3 is 2.55 bits per heavy atom. The van der Waals surface area contributed by atoms with Crippen molar-refractivity contribution in [1.29, 1.82) is 0 Å². The van der Waals surface area contributed by atoms with Crippen molar-refractivity contribution in [3.63, 3.8) is 0 Å². The molecule has 0 fully saturated rings. The minimum Gasteiger partial charge on any atom is -0.494 e. The molecule has 1 aliphatic rings. The van der Waals surface area contributed by atoms with Crippen LogP contribution in [-0.4, -0.2) is 23.8 Å². The second-order valence-corrected chi connectivity index (χ2v) is 10.8. The van der Waals surface area contributed by atoms with Crippen LogP contribution in [0.3, 0.4) is 0 Å². The average molecular weight is 607 g/mol. The maximum Gasteiger partial charge on any atom is 0.338 e. The standard InChI is InChI=1S/C32H28ClFN2O5S/c1-4-39-24-13-10-20(11-14-24)29-28(31(38)40-5-2)19(3)35-32-36(29)30(37)27(42-32)17-22-16-23(33)12-15-26(22)41-18-21-8-6-7-9-25(21)34/h6-17,29H,4-5,18H2,1-3H3/b27-17-/t29-/m1/s1. The molecule has 2 heterocycles. The molecule has 5 rings (SSSR count). The molecule has 0 aliphatic carbocycles. The SMILES string of the molecule is CCOC(=O)C1=C(C)N=c2s/c(=C\c3cc(Cl)ccc3OCc3ccccc3F)c(=O)n2[C@@H]1c1ccc(OCC)cc1. The van der Waals surface area contributed by atoms with Crippen molar-refractivity contribution >= 4 is 35.0 Å². The first-order valence-corrected chi connectivity index (χ1v) is 14.6. The number of rotatable bonds is 9. The Labute approximate surface area is 250 Å². The smallest absolute Gasteiger partial charge is 0.338 e. The summed E-state index contributed by atoms with van der Waals surface area (Å²) in [7, 11) is 0. The lowest BCUT2D eigenvalue weighted by molar-refractivity contribution is -0.139. The maximum atomic E-state index is 14.2. The van der Waals surface area contributed by atoms with Gasteiger partial charge in [-0.2, -0.15) is 0 Å². The molecule has 0 N–H and O–H groups in total. The summed E-state index contributed by atoms with van der Waals surface area (Å²) in [6, 6.07) is 17.9. The molecule has 1 aliphatic heterocycles. The lowest BCUT2D eigenvalue weighted by Gasteiger charge is -2.24. The van der Waals surface area contributed by atoms with E-state index in [4.69, 9.17) is 25.8 Å². The van der Waals surface area contributed by atoms with Crippen LogP contribution in [0, 0.1) is 5.82 Å². The topological polar surface area (TPSA) is 79.1 Å². The number of hydrogen-bond acceptors (Lipinski definition) is 7. The van der Waals surface area contributed by atoms with Gasteiger partial charge in [-0.05, 0) is 68.8 Å². The van der Waals surface area contributed by atoms with E-state index in [9.17, 15) is 14.0 Å². The fraction of sp³-hybridized carbons (Fsp3) is 0.219. The number of allylic oxidation sites excluding steroid dienone is 1. The van der Waals surface area contributed by atoms with Crippen molar-refractivity contribution in [3.8, 4) is 11.5 Å². The summed E-state index contributed by atoms with van der Waals surface area (Å²) in [5.74, 6) is 0.199. The van der Waals surface area contributed by atoms with Gasteiger partial charge < -0.3 is 14.2 Å². The Morgan fingerprint density at radius 1 is 1.07 bits per heavy atom. The van der Waals surface area contributed by atoms with Crippen molar-refractivity contribution in [2.24, 2.45) is 4.99 Å². The van der Waals surface area contributed by atoms with E-state index in [2.05, 4.69) is 4.99 Å². The molecule has 10 heteroatoms. The third-order valence-electron chi connectivity index (χ3n) is 6.62. The van der Waals surface area contributed by atoms with Crippen LogP contribution in [0.15, 0.2) is 87.8 Å². The monoisotopic (exact) mass is 606 g/mol. The zero-order valence-electron chi connectivity index (χ0n) is 23.2. The highest BCUT2D eigenvalue weighted by atomic mass is 35.5. The van der Waals surface area contributed by atoms with E-state index in [-0.39, 0.29) is 30.2 Å². The third-order valence-corrected chi connectivity index (χ3v) is 7.84. The van der Waals surface area contributed by atoms with Gasteiger partial charge in [0.05, 0.1) is 35.1 Å². The summed E-state index contributed by atoms with van der Waals surface area (Å²) in [6.07, 6.45) is 1.67.